The molecule has 0 aliphatic rings. The summed E-state index contributed by atoms with van der Waals surface area (Å²) in [5.41, 5.74) is 0.447. The Labute approximate surface area is 136 Å². The summed E-state index contributed by atoms with van der Waals surface area (Å²) in [6.07, 6.45) is 0.0634. The van der Waals surface area contributed by atoms with Crippen molar-refractivity contribution in [2.45, 2.75) is 32.5 Å². The zero-order valence-corrected chi connectivity index (χ0v) is 14.4. The molecule has 23 heavy (non-hydrogen) atoms. The average Bonchev–Trinajstić information content (AvgIpc) is 2.51. The molecule has 0 fully saturated rings. The Kier molecular flexibility index (Phi) is 8.58. The first-order valence-electron chi connectivity index (χ1n) is 7.52. The lowest BCUT2D eigenvalue weighted by atomic mass is 10.2. The molecule has 0 amide bonds. The first-order chi connectivity index (χ1) is 10.9. The molecule has 3 N–H and O–H groups in total. The van der Waals surface area contributed by atoms with Gasteiger partial charge in [0.2, 0.25) is 0 Å². The van der Waals surface area contributed by atoms with Crippen molar-refractivity contribution in [2.24, 2.45) is 0 Å². The van der Waals surface area contributed by atoms with Crippen LogP contribution in [0, 0.1) is 0 Å². The molecule has 0 bridgehead atoms. The lowest BCUT2D eigenvalue weighted by Crippen LogP contribution is -2.08. The quantitative estimate of drug-likeness (QED) is 0.525. The second-order valence-corrected chi connectivity index (χ2v) is 6.84. The third kappa shape index (κ3) is 7.33. The zero-order valence-electron chi connectivity index (χ0n) is 13.5. The van der Waals surface area contributed by atoms with Gasteiger partial charge in [0.05, 0.1) is 25.5 Å². The van der Waals surface area contributed by atoms with Crippen LogP contribution in [0.15, 0.2) is 18.2 Å². The molecule has 2 unspecified atom stereocenters. The van der Waals surface area contributed by atoms with Crippen LogP contribution in [-0.2, 0) is 15.3 Å². The first-order valence-corrected chi connectivity index (χ1v) is 9.28. The van der Waals surface area contributed by atoms with Gasteiger partial charge in [0, 0.05) is 5.56 Å². The van der Waals surface area contributed by atoms with Gasteiger partial charge in [0.25, 0.3) is 0 Å². The number of aliphatic hydroxyl groups excluding tert-OH is 2. The monoisotopic (exact) mass is 348 g/mol. The smallest absolute Gasteiger partial charge is 0.332 e. The highest BCUT2D eigenvalue weighted by Crippen LogP contribution is 2.49. The van der Waals surface area contributed by atoms with E-state index >= 15 is 0 Å². The summed E-state index contributed by atoms with van der Waals surface area (Å²) < 4.78 is 28.1. The molecule has 8 heteroatoms. The molecule has 0 aliphatic carbocycles. The summed E-state index contributed by atoms with van der Waals surface area (Å²) >= 11 is 0. The van der Waals surface area contributed by atoms with Crippen LogP contribution in [0.4, 0.5) is 0 Å². The summed E-state index contributed by atoms with van der Waals surface area (Å²) in [7, 11) is -3.84. The molecule has 132 valence electrons. The molecule has 0 spiro atoms. The lowest BCUT2D eigenvalue weighted by molar-refractivity contribution is 0.183. The number of benzene rings is 1. The van der Waals surface area contributed by atoms with E-state index in [1.807, 2.05) is 6.92 Å². The standard InChI is InChI=1S/C15H25O7P/c1-3-12(2)22-23(18,19)11-13-10-14(20-8-6-16)4-5-15(13)21-9-7-17/h4-5,10,12,16-17H,3,6-9,11H2,1-2H3,(H,18,19). The van der Waals surface area contributed by atoms with Crippen LogP contribution < -0.4 is 9.47 Å². The van der Waals surface area contributed by atoms with E-state index in [1.54, 1.807) is 25.1 Å². The van der Waals surface area contributed by atoms with Crippen molar-refractivity contribution in [3.05, 3.63) is 23.8 Å². The molecule has 0 radical (unpaired) electrons. The van der Waals surface area contributed by atoms with E-state index in [9.17, 15) is 9.46 Å². The predicted molar refractivity (Wildman–Crippen MR) is 86.0 cm³/mol. The topological polar surface area (TPSA) is 105 Å². The molecule has 0 aromatic heterocycles. The van der Waals surface area contributed by atoms with Crippen LogP contribution in [0.5, 0.6) is 11.5 Å². The Morgan fingerprint density at radius 1 is 1.17 bits per heavy atom. The van der Waals surface area contributed by atoms with Gasteiger partial charge in [0.1, 0.15) is 24.7 Å². The number of hydrogen-bond donors (Lipinski definition) is 3. The van der Waals surface area contributed by atoms with Gasteiger partial charge in [-0.05, 0) is 31.5 Å². The maximum Gasteiger partial charge on any atom is 0.332 e. The van der Waals surface area contributed by atoms with Crippen LogP contribution in [0.2, 0.25) is 0 Å². The lowest BCUT2D eigenvalue weighted by Gasteiger charge is -2.19. The highest BCUT2D eigenvalue weighted by atomic mass is 31.2. The molecule has 1 aromatic rings. The van der Waals surface area contributed by atoms with Crippen LogP contribution in [0.25, 0.3) is 0 Å². The second-order valence-electron chi connectivity index (χ2n) is 5.03. The molecular formula is C15H25O7P. The van der Waals surface area contributed by atoms with Crippen molar-refractivity contribution in [3.8, 4) is 11.5 Å². The van der Waals surface area contributed by atoms with Crippen LogP contribution >= 0.6 is 7.60 Å². The maximum absolute atomic E-state index is 12.3. The van der Waals surface area contributed by atoms with Crippen molar-refractivity contribution >= 4 is 7.60 Å². The van der Waals surface area contributed by atoms with Crippen molar-refractivity contribution < 1.29 is 33.7 Å². The van der Waals surface area contributed by atoms with E-state index in [-0.39, 0.29) is 38.7 Å². The Morgan fingerprint density at radius 2 is 1.83 bits per heavy atom. The van der Waals surface area contributed by atoms with E-state index in [0.29, 0.717) is 23.5 Å². The SMILES string of the molecule is CCC(C)OP(=O)(O)Cc1cc(OCCO)ccc1OCCO. The highest BCUT2D eigenvalue weighted by Gasteiger charge is 2.25. The molecule has 0 saturated heterocycles. The fourth-order valence-electron chi connectivity index (χ4n) is 1.84. The Morgan fingerprint density at radius 3 is 2.43 bits per heavy atom. The summed E-state index contributed by atoms with van der Waals surface area (Å²) in [6, 6.07) is 4.80. The van der Waals surface area contributed by atoms with E-state index in [4.69, 9.17) is 24.2 Å². The van der Waals surface area contributed by atoms with E-state index in [0.717, 1.165) is 0 Å². The summed E-state index contributed by atoms with van der Waals surface area (Å²) in [5.74, 6) is 0.839. The predicted octanol–water partition coefficient (Wildman–Crippen LogP) is 1.93. The van der Waals surface area contributed by atoms with E-state index in [2.05, 4.69) is 0 Å². The van der Waals surface area contributed by atoms with Crippen molar-refractivity contribution in [2.75, 3.05) is 26.4 Å². The van der Waals surface area contributed by atoms with Gasteiger partial charge in [0.15, 0.2) is 0 Å². The zero-order chi connectivity index (χ0) is 17.3. The van der Waals surface area contributed by atoms with E-state index < -0.39 is 7.60 Å². The molecule has 1 rings (SSSR count). The fourth-order valence-corrected chi connectivity index (χ4v) is 3.30. The molecule has 7 nitrogen and oxygen atoms in total. The molecular weight excluding hydrogens is 323 g/mol. The van der Waals surface area contributed by atoms with Crippen LogP contribution in [-0.4, -0.2) is 47.6 Å². The Hall–Kier alpha value is -1.11. The molecule has 0 heterocycles. The van der Waals surface area contributed by atoms with Crippen molar-refractivity contribution in [3.63, 3.8) is 0 Å². The van der Waals surface area contributed by atoms with Gasteiger partial charge in [-0.15, -0.1) is 0 Å². The van der Waals surface area contributed by atoms with Gasteiger partial charge in [-0.1, -0.05) is 6.92 Å². The minimum atomic E-state index is -3.84. The minimum Gasteiger partial charge on any atom is -0.491 e. The van der Waals surface area contributed by atoms with Gasteiger partial charge >= 0.3 is 7.60 Å². The van der Waals surface area contributed by atoms with E-state index in [1.165, 1.54) is 0 Å². The average molecular weight is 348 g/mol. The third-order valence-corrected chi connectivity index (χ3v) is 4.46. The minimum absolute atomic E-state index is 0.0752. The van der Waals surface area contributed by atoms with Gasteiger partial charge in [-0.3, -0.25) is 4.57 Å². The summed E-state index contributed by atoms with van der Waals surface area (Å²) in [6.45, 7) is 3.49. The van der Waals surface area contributed by atoms with Crippen molar-refractivity contribution in [1.29, 1.82) is 0 Å². The van der Waals surface area contributed by atoms with Gasteiger partial charge < -0.3 is 29.1 Å². The second kappa shape index (κ2) is 9.90. The number of aliphatic hydroxyl groups is 2. The molecule has 1 aromatic carbocycles. The number of ether oxygens (including phenoxy) is 2. The van der Waals surface area contributed by atoms with Gasteiger partial charge in [-0.2, -0.15) is 0 Å². The molecule has 0 saturated carbocycles. The summed E-state index contributed by atoms with van der Waals surface area (Å²) in [4.78, 5) is 10.0. The van der Waals surface area contributed by atoms with Crippen LogP contribution in [0.3, 0.4) is 0 Å². The maximum atomic E-state index is 12.3. The first kappa shape index (κ1) is 19.9. The summed E-state index contributed by atoms with van der Waals surface area (Å²) in [5, 5.41) is 17.7. The largest absolute Gasteiger partial charge is 0.491 e. The molecule has 2 atom stereocenters. The third-order valence-electron chi connectivity index (χ3n) is 3.03. The highest BCUT2D eigenvalue weighted by molar-refractivity contribution is 7.52. The number of rotatable bonds is 11. The van der Waals surface area contributed by atoms with Gasteiger partial charge in [-0.25, -0.2) is 0 Å². The number of hydrogen-bond acceptors (Lipinski definition) is 6. The fraction of sp³-hybridized carbons (Fsp3) is 0.600. The Balaban J connectivity index is 2.95. The Bertz CT molecular complexity index is 521. The molecule has 0 aliphatic heterocycles. The van der Waals surface area contributed by atoms with Crippen LogP contribution in [0.1, 0.15) is 25.8 Å². The van der Waals surface area contributed by atoms with Crippen molar-refractivity contribution in [1.82, 2.24) is 0 Å². The normalized spacial score (nSPS) is 15.0.